The van der Waals surface area contributed by atoms with Gasteiger partial charge in [-0.2, -0.15) is 5.26 Å². The molecule has 0 saturated heterocycles. The third kappa shape index (κ3) is 4.23. The first-order chi connectivity index (χ1) is 13.8. The van der Waals surface area contributed by atoms with Crippen molar-refractivity contribution in [1.29, 1.82) is 5.26 Å². The van der Waals surface area contributed by atoms with Gasteiger partial charge in [-0.25, -0.2) is 4.39 Å². The van der Waals surface area contributed by atoms with Crippen LogP contribution in [0.15, 0.2) is 54.6 Å². The van der Waals surface area contributed by atoms with Crippen LogP contribution in [-0.4, -0.2) is 11.0 Å². The zero-order chi connectivity index (χ0) is 21.1. The molecule has 0 radical (unpaired) electrons. The van der Waals surface area contributed by atoms with Crippen LogP contribution >= 0.6 is 11.6 Å². The molecule has 0 bridgehead atoms. The van der Waals surface area contributed by atoms with E-state index in [1.807, 2.05) is 31.2 Å². The number of nitrogens with one attached hydrogen (secondary N) is 1. The predicted octanol–water partition coefficient (Wildman–Crippen LogP) is 5.71. The minimum Gasteiger partial charge on any atom is -0.504 e. The monoisotopic (exact) mass is 408 g/mol. The number of hydrogen-bond acceptors (Lipinski definition) is 3. The van der Waals surface area contributed by atoms with Gasteiger partial charge in [-0.1, -0.05) is 53.6 Å². The SMILES string of the molecule is Cc1ccc(C(C#N)c2cc(C)c(NC(=O)c3cccc(F)c3O)cc2Cl)cc1. The minimum atomic E-state index is -0.877. The molecule has 0 spiro atoms. The van der Waals surface area contributed by atoms with Crippen molar-refractivity contribution in [2.75, 3.05) is 5.32 Å². The lowest BCUT2D eigenvalue weighted by atomic mass is 9.90. The fourth-order valence-corrected chi connectivity index (χ4v) is 3.30. The molecule has 1 unspecified atom stereocenters. The maximum atomic E-state index is 13.5. The average molecular weight is 409 g/mol. The van der Waals surface area contributed by atoms with E-state index >= 15 is 0 Å². The van der Waals surface area contributed by atoms with Crippen LogP contribution in [0.3, 0.4) is 0 Å². The number of nitriles is 1. The van der Waals surface area contributed by atoms with Gasteiger partial charge in [0.15, 0.2) is 11.6 Å². The standard InChI is InChI=1S/C23H18ClFN2O2/c1-13-6-8-15(9-7-13)18(12-26)17-10-14(2)21(11-19(17)24)27-23(29)16-4-3-5-20(25)22(16)28/h3-11,18,28H,1-2H3,(H,27,29). The van der Waals surface area contributed by atoms with Gasteiger partial charge in [0.2, 0.25) is 0 Å². The summed E-state index contributed by atoms with van der Waals surface area (Å²) in [6.45, 7) is 3.74. The third-order valence-corrected chi connectivity index (χ3v) is 5.00. The molecular weight excluding hydrogens is 391 g/mol. The molecule has 29 heavy (non-hydrogen) atoms. The number of rotatable bonds is 4. The predicted molar refractivity (Wildman–Crippen MR) is 111 cm³/mol. The van der Waals surface area contributed by atoms with Crippen molar-refractivity contribution < 1.29 is 14.3 Å². The second kappa shape index (κ2) is 8.34. The van der Waals surface area contributed by atoms with E-state index in [4.69, 9.17) is 11.6 Å². The van der Waals surface area contributed by atoms with Gasteiger partial charge in [0.05, 0.1) is 17.6 Å². The number of halogens is 2. The summed E-state index contributed by atoms with van der Waals surface area (Å²) in [5, 5.41) is 22.4. The van der Waals surface area contributed by atoms with Crippen molar-refractivity contribution in [2.24, 2.45) is 0 Å². The maximum Gasteiger partial charge on any atom is 0.259 e. The first-order valence-corrected chi connectivity index (χ1v) is 9.24. The number of aryl methyl sites for hydroxylation is 2. The molecule has 1 atom stereocenters. The number of nitrogens with zero attached hydrogens (tertiary/aromatic N) is 1. The lowest BCUT2D eigenvalue weighted by Gasteiger charge is -2.16. The summed E-state index contributed by atoms with van der Waals surface area (Å²) in [6.07, 6.45) is 0. The number of anilines is 1. The van der Waals surface area contributed by atoms with E-state index < -0.39 is 23.4 Å². The van der Waals surface area contributed by atoms with Crippen molar-refractivity contribution in [2.45, 2.75) is 19.8 Å². The number of amides is 1. The summed E-state index contributed by atoms with van der Waals surface area (Å²) in [4.78, 5) is 12.4. The Hall–Kier alpha value is -3.36. The molecular formula is C23H18ClFN2O2. The molecule has 0 heterocycles. The molecule has 0 aliphatic rings. The summed E-state index contributed by atoms with van der Waals surface area (Å²) < 4.78 is 13.5. The molecule has 3 aromatic carbocycles. The van der Waals surface area contributed by atoms with Crippen LogP contribution in [0.2, 0.25) is 5.02 Å². The van der Waals surface area contributed by atoms with E-state index in [2.05, 4.69) is 11.4 Å². The summed E-state index contributed by atoms with van der Waals surface area (Å²) in [7, 11) is 0. The molecule has 0 aliphatic heterocycles. The Labute approximate surface area is 173 Å². The van der Waals surface area contributed by atoms with E-state index in [-0.39, 0.29) is 5.56 Å². The Kier molecular flexibility index (Phi) is 5.86. The third-order valence-electron chi connectivity index (χ3n) is 4.67. The van der Waals surface area contributed by atoms with Crippen molar-refractivity contribution in [1.82, 2.24) is 0 Å². The van der Waals surface area contributed by atoms with Crippen LogP contribution in [0.4, 0.5) is 10.1 Å². The number of para-hydroxylation sites is 1. The first kappa shape index (κ1) is 20.4. The van der Waals surface area contributed by atoms with Crippen molar-refractivity contribution in [3.8, 4) is 11.8 Å². The van der Waals surface area contributed by atoms with Crippen LogP contribution in [-0.2, 0) is 0 Å². The Morgan fingerprint density at radius 3 is 2.52 bits per heavy atom. The highest BCUT2D eigenvalue weighted by molar-refractivity contribution is 6.32. The van der Waals surface area contributed by atoms with Gasteiger partial charge >= 0.3 is 0 Å². The van der Waals surface area contributed by atoms with Gasteiger partial charge in [-0.15, -0.1) is 0 Å². The second-order valence-corrected chi connectivity index (χ2v) is 7.16. The van der Waals surface area contributed by atoms with Crippen LogP contribution < -0.4 is 5.32 Å². The van der Waals surface area contributed by atoms with E-state index in [0.29, 0.717) is 21.8 Å². The first-order valence-electron chi connectivity index (χ1n) is 8.87. The van der Waals surface area contributed by atoms with E-state index in [1.54, 1.807) is 19.1 Å². The number of aromatic hydroxyl groups is 1. The smallest absolute Gasteiger partial charge is 0.259 e. The van der Waals surface area contributed by atoms with Crippen molar-refractivity contribution in [3.63, 3.8) is 0 Å². The zero-order valence-electron chi connectivity index (χ0n) is 15.8. The quantitative estimate of drug-likeness (QED) is 0.580. The number of phenolic OH excluding ortho intramolecular Hbond substituents is 1. The van der Waals surface area contributed by atoms with E-state index in [1.165, 1.54) is 12.1 Å². The number of hydrogen-bond donors (Lipinski definition) is 2. The summed E-state index contributed by atoms with van der Waals surface area (Å²) in [5.41, 5.74) is 3.45. The van der Waals surface area contributed by atoms with Gasteiger partial charge in [-0.05, 0) is 48.7 Å². The van der Waals surface area contributed by atoms with E-state index in [9.17, 15) is 19.6 Å². The van der Waals surface area contributed by atoms with Crippen LogP contribution in [0.25, 0.3) is 0 Å². The highest BCUT2D eigenvalue weighted by Crippen LogP contribution is 2.34. The zero-order valence-corrected chi connectivity index (χ0v) is 16.6. The minimum absolute atomic E-state index is 0.181. The largest absolute Gasteiger partial charge is 0.504 e. The molecule has 3 aromatic rings. The lowest BCUT2D eigenvalue weighted by molar-refractivity contribution is 0.102. The van der Waals surface area contributed by atoms with Gasteiger partial charge in [0, 0.05) is 10.7 Å². The molecule has 0 aromatic heterocycles. The highest BCUT2D eigenvalue weighted by atomic mass is 35.5. The molecule has 0 aliphatic carbocycles. The molecule has 1 amide bonds. The van der Waals surface area contributed by atoms with Gasteiger partial charge in [0.1, 0.15) is 0 Å². The Balaban J connectivity index is 1.93. The maximum absolute atomic E-state index is 13.5. The average Bonchev–Trinajstić information content (AvgIpc) is 2.69. The molecule has 0 fully saturated rings. The lowest BCUT2D eigenvalue weighted by Crippen LogP contribution is -2.14. The number of carbonyl (C=O) groups is 1. The fourth-order valence-electron chi connectivity index (χ4n) is 3.03. The number of carbonyl (C=O) groups excluding carboxylic acids is 1. The number of benzene rings is 3. The normalized spacial score (nSPS) is 11.6. The van der Waals surface area contributed by atoms with Gasteiger partial charge in [0.25, 0.3) is 5.91 Å². The Morgan fingerprint density at radius 1 is 1.17 bits per heavy atom. The van der Waals surface area contributed by atoms with Gasteiger partial charge in [-0.3, -0.25) is 4.79 Å². The molecule has 3 rings (SSSR count). The molecule has 2 N–H and O–H groups in total. The summed E-state index contributed by atoms with van der Waals surface area (Å²) >= 11 is 6.43. The molecule has 4 nitrogen and oxygen atoms in total. The summed E-state index contributed by atoms with van der Waals surface area (Å²) in [5.74, 6) is -2.81. The topological polar surface area (TPSA) is 73.1 Å². The Bertz CT molecular complexity index is 1120. The van der Waals surface area contributed by atoms with Crippen LogP contribution in [0.1, 0.15) is 38.5 Å². The Morgan fingerprint density at radius 2 is 1.86 bits per heavy atom. The van der Waals surface area contributed by atoms with Crippen molar-refractivity contribution in [3.05, 3.63) is 93.3 Å². The summed E-state index contributed by atoms with van der Waals surface area (Å²) in [6, 6.07) is 16.9. The van der Waals surface area contributed by atoms with Gasteiger partial charge < -0.3 is 10.4 Å². The van der Waals surface area contributed by atoms with Crippen LogP contribution in [0, 0.1) is 31.0 Å². The van der Waals surface area contributed by atoms with Crippen LogP contribution in [0.5, 0.6) is 5.75 Å². The second-order valence-electron chi connectivity index (χ2n) is 6.75. The number of phenols is 1. The molecule has 6 heteroatoms. The highest BCUT2D eigenvalue weighted by Gasteiger charge is 2.20. The fraction of sp³-hybridized carbons (Fsp3) is 0.130. The van der Waals surface area contributed by atoms with Crippen molar-refractivity contribution >= 4 is 23.2 Å². The molecule has 0 saturated carbocycles. The molecule has 146 valence electrons. The van der Waals surface area contributed by atoms with E-state index in [0.717, 1.165) is 17.2 Å².